The van der Waals surface area contributed by atoms with Crippen molar-refractivity contribution in [2.75, 3.05) is 0 Å². The van der Waals surface area contributed by atoms with E-state index in [1.54, 1.807) is 18.4 Å². The number of nitriles is 2. The van der Waals surface area contributed by atoms with Gasteiger partial charge in [0.05, 0.1) is 0 Å². The number of aliphatic imine (C=N–C) groups is 1. The van der Waals surface area contributed by atoms with Crippen molar-refractivity contribution in [2.45, 2.75) is 0 Å². The van der Waals surface area contributed by atoms with Crippen LogP contribution in [0.3, 0.4) is 0 Å². The summed E-state index contributed by atoms with van der Waals surface area (Å²) in [6, 6.07) is 3.44. The highest BCUT2D eigenvalue weighted by Gasteiger charge is 2.02. The normalized spacial score (nSPS) is 16.7. The van der Waals surface area contributed by atoms with Crippen molar-refractivity contribution in [1.82, 2.24) is 0 Å². The van der Waals surface area contributed by atoms with Crippen LogP contribution in [0, 0.1) is 28.6 Å². The zero-order valence-corrected chi connectivity index (χ0v) is 7.38. The second kappa shape index (κ2) is 4.64. The minimum Gasteiger partial charge on any atom is -0.388 e. The van der Waals surface area contributed by atoms with Gasteiger partial charge in [0.2, 0.25) is 0 Å². The number of hydrogen-bond donors (Lipinski definition) is 1. The third kappa shape index (κ3) is 2.33. The standard InChI is InChI=1S/C10H8N4/c11-5-9(13)10(6-12)14-7-8-3-1-2-4-8/h1-4,7-8H,13H2/b10-9-,14-7?. The molecule has 0 aromatic rings. The highest BCUT2D eigenvalue weighted by molar-refractivity contribution is 5.69. The second-order valence-corrected chi connectivity index (χ2v) is 2.61. The number of hydrogen-bond acceptors (Lipinski definition) is 4. The van der Waals surface area contributed by atoms with Crippen molar-refractivity contribution >= 4 is 6.21 Å². The van der Waals surface area contributed by atoms with Crippen molar-refractivity contribution in [3.8, 4) is 12.1 Å². The average Bonchev–Trinajstić information content (AvgIpc) is 2.71. The average molecular weight is 184 g/mol. The van der Waals surface area contributed by atoms with E-state index < -0.39 is 0 Å². The van der Waals surface area contributed by atoms with Crippen LogP contribution in [0.1, 0.15) is 0 Å². The molecular weight excluding hydrogens is 176 g/mol. The van der Waals surface area contributed by atoms with Crippen LogP contribution in [0.2, 0.25) is 0 Å². The summed E-state index contributed by atoms with van der Waals surface area (Å²) in [5.74, 6) is 0.0878. The van der Waals surface area contributed by atoms with Gasteiger partial charge in [-0.05, 0) is 0 Å². The molecule has 14 heavy (non-hydrogen) atoms. The lowest BCUT2D eigenvalue weighted by atomic mass is 10.2. The Morgan fingerprint density at radius 1 is 1.29 bits per heavy atom. The molecule has 0 aliphatic heterocycles. The van der Waals surface area contributed by atoms with E-state index in [1.165, 1.54) is 0 Å². The quantitative estimate of drug-likeness (QED) is 0.513. The molecule has 0 fully saturated rings. The molecule has 0 heterocycles. The number of rotatable bonds is 2. The first-order valence-corrected chi connectivity index (χ1v) is 3.97. The van der Waals surface area contributed by atoms with E-state index in [2.05, 4.69) is 4.99 Å². The summed E-state index contributed by atoms with van der Waals surface area (Å²) < 4.78 is 0. The van der Waals surface area contributed by atoms with E-state index in [4.69, 9.17) is 16.3 Å². The van der Waals surface area contributed by atoms with Crippen LogP contribution < -0.4 is 5.73 Å². The van der Waals surface area contributed by atoms with Crippen molar-refractivity contribution < 1.29 is 0 Å². The van der Waals surface area contributed by atoms with Gasteiger partial charge in [-0.1, -0.05) is 24.3 Å². The maximum absolute atomic E-state index is 8.61. The van der Waals surface area contributed by atoms with Gasteiger partial charge in [0.25, 0.3) is 0 Å². The molecule has 0 aromatic carbocycles. The molecule has 4 heteroatoms. The fraction of sp³-hybridized carbons (Fsp3) is 0.100. The minimum atomic E-state index is -0.158. The topological polar surface area (TPSA) is 86.0 Å². The molecule has 4 nitrogen and oxygen atoms in total. The first kappa shape index (κ1) is 9.76. The summed E-state index contributed by atoms with van der Waals surface area (Å²) in [7, 11) is 0. The van der Waals surface area contributed by atoms with Crippen LogP contribution in [0.5, 0.6) is 0 Å². The molecule has 2 N–H and O–H groups in total. The molecule has 0 aromatic heterocycles. The predicted molar refractivity (Wildman–Crippen MR) is 52.7 cm³/mol. The van der Waals surface area contributed by atoms with Crippen molar-refractivity contribution in [3.63, 3.8) is 0 Å². The number of allylic oxidation sites excluding steroid dienone is 6. The lowest BCUT2D eigenvalue weighted by Gasteiger charge is -1.94. The van der Waals surface area contributed by atoms with Gasteiger partial charge in [-0.15, -0.1) is 0 Å². The van der Waals surface area contributed by atoms with Crippen LogP contribution >= 0.6 is 0 Å². The van der Waals surface area contributed by atoms with Crippen molar-refractivity contribution in [1.29, 1.82) is 10.5 Å². The van der Waals surface area contributed by atoms with Gasteiger partial charge in [-0.25, -0.2) is 4.99 Å². The van der Waals surface area contributed by atoms with E-state index in [0.717, 1.165) is 0 Å². The Morgan fingerprint density at radius 2 is 1.93 bits per heavy atom. The van der Waals surface area contributed by atoms with Crippen molar-refractivity contribution in [3.05, 3.63) is 35.7 Å². The van der Waals surface area contributed by atoms with Crippen LogP contribution in [-0.4, -0.2) is 6.21 Å². The van der Waals surface area contributed by atoms with Gasteiger partial charge in [0.1, 0.15) is 17.8 Å². The Kier molecular flexibility index (Phi) is 3.23. The van der Waals surface area contributed by atoms with E-state index >= 15 is 0 Å². The highest BCUT2D eigenvalue weighted by atomic mass is 14.8. The Labute approximate surface area is 82.0 Å². The first-order chi connectivity index (χ1) is 6.77. The molecule has 1 aliphatic rings. The highest BCUT2D eigenvalue weighted by Crippen LogP contribution is 2.07. The van der Waals surface area contributed by atoms with Crippen LogP contribution in [0.25, 0.3) is 0 Å². The Hall–Kier alpha value is -2.33. The summed E-state index contributed by atoms with van der Waals surface area (Å²) in [5.41, 5.74) is 5.06. The van der Waals surface area contributed by atoms with Gasteiger partial charge >= 0.3 is 0 Å². The van der Waals surface area contributed by atoms with E-state index in [0.29, 0.717) is 0 Å². The van der Waals surface area contributed by atoms with E-state index in [-0.39, 0.29) is 17.3 Å². The molecule has 68 valence electrons. The molecule has 0 atom stereocenters. The van der Waals surface area contributed by atoms with Gasteiger partial charge in [0, 0.05) is 12.1 Å². The van der Waals surface area contributed by atoms with Crippen LogP contribution in [0.4, 0.5) is 0 Å². The molecule has 0 saturated heterocycles. The van der Waals surface area contributed by atoms with Crippen LogP contribution in [-0.2, 0) is 0 Å². The Bertz CT molecular complexity index is 400. The summed E-state index contributed by atoms with van der Waals surface area (Å²) in [6.45, 7) is 0. The summed E-state index contributed by atoms with van der Waals surface area (Å²) in [6.07, 6.45) is 9.19. The minimum absolute atomic E-state index is 0.0406. The third-order valence-corrected chi connectivity index (χ3v) is 1.64. The SMILES string of the molecule is N#C/C(N)=C(\C#N)N=CC1C=CC=C1. The largest absolute Gasteiger partial charge is 0.388 e. The zero-order chi connectivity index (χ0) is 10.4. The third-order valence-electron chi connectivity index (χ3n) is 1.64. The maximum atomic E-state index is 8.61. The zero-order valence-electron chi connectivity index (χ0n) is 7.38. The molecular formula is C10H8N4. The second-order valence-electron chi connectivity index (χ2n) is 2.61. The number of nitrogens with zero attached hydrogens (tertiary/aromatic N) is 3. The van der Waals surface area contributed by atoms with E-state index in [1.807, 2.05) is 24.3 Å². The summed E-state index contributed by atoms with van der Waals surface area (Å²) in [4.78, 5) is 3.84. The van der Waals surface area contributed by atoms with Gasteiger partial charge < -0.3 is 5.73 Å². The molecule has 0 amide bonds. The molecule has 1 rings (SSSR count). The molecule has 0 radical (unpaired) electrons. The molecule has 0 saturated carbocycles. The molecule has 0 spiro atoms. The smallest absolute Gasteiger partial charge is 0.174 e. The fourth-order valence-electron chi connectivity index (χ4n) is 0.921. The Morgan fingerprint density at radius 3 is 2.43 bits per heavy atom. The lowest BCUT2D eigenvalue weighted by molar-refractivity contribution is 1.17. The summed E-state index contributed by atoms with van der Waals surface area (Å²) >= 11 is 0. The monoisotopic (exact) mass is 184 g/mol. The predicted octanol–water partition coefficient (Wildman–Crippen LogP) is 1.02. The van der Waals surface area contributed by atoms with Crippen molar-refractivity contribution in [2.24, 2.45) is 16.6 Å². The van der Waals surface area contributed by atoms with Gasteiger partial charge in [-0.2, -0.15) is 10.5 Å². The molecule has 0 unspecified atom stereocenters. The van der Waals surface area contributed by atoms with E-state index in [9.17, 15) is 0 Å². The lowest BCUT2D eigenvalue weighted by Crippen LogP contribution is -1.98. The summed E-state index contributed by atoms with van der Waals surface area (Å²) in [5, 5.41) is 17.1. The van der Waals surface area contributed by atoms with Crippen LogP contribution in [0.15, 0.2) is 40.7 Å². The first-order valence-electron chi connectivity index (χ1n) is 3.97. The molecule has 1 aliphatic carbocycles. The number of nitrogens with two attached hydrogens (primary N) is 1. The molecule has 0 bridgehead atoms. The van der Waals surface area contributed by atoms with Gasteiger partial charge in [0.15, 0.2) is 5.70 Å². The maximum Gasteiger partial charge on any atom is 0.174 e. The van der Waals surface area contributed by atoms with Gasteiger partial charge in [-0.3, -0.25) is 0 Å². The fourth-order valence-corrected chi connectivity index (χ4v) is 0.921. The Balaban J connectivity index is 2.77.